The summed E-state index contributed by atoms with van der Waals surface area (Å²) in [4.78, 5) is 44.5. The fourth-order valence-electron chi connectivity index (χ4n) is 6.04. The van der Waals surface area contributed by atoms with Crippen LogP contribution in [0.25, 0.3) is 0 Å². The summed E-state index contributed by atoms with van der Waals surface area (Å²) in [6.07, 6.45) is 7.20. The number of nitrogens with one attached hydrogen (secondary N) is 1. The van der Waals surface area contributed by atoms with E-state index in [4.69, 9.17) is 9.47 Å². The summed E-state index contributed by atoms with van der Waals surface area (Å²) in [5.41, 5.74) is 1.02. The fourth-order valence-corrected chi connectivity index (χ4v) is 6.04. The summed E-state index contributed by atoms with van der Waals surface area (Å²) in [6.45, 7) is 4.43. The SMILES string of the molecule is COCCN(C[C@@H]1CCCN2CCCC[C@H]12)C(=O)CC[C@@H]1NC(=O)N(CCc2ccc(OC)cc2)C1=O. The third-order valence-corrected chi connectivity index (χ3v) is 8.14. The lowest BCUT2D eigenvalue weighted by molar-refractivity contribution is -0.133. The maximum absolute atomic E-state index is 13.3. The smallest absolute Gasteiger partial charge is 0.324 e. The average molecular weight is 515 g/mol. The van der Waals surface area contributed by atoms with Crippen molar-refractivity contribution in [2.75, 3.05) is 53.6 Å². The molecule has 0 bridgehead atoms. The van der Waals surface area contributed by atoms with E-state index in [2.05, 4.69) is 10.2 Å². The molecule has 1 aromatic carbocycles. The summed E-state index contributed by atoms with van der Waals surface area (Å²) < 4.78 is 10.5. The van der Waals surface area contributed by atoms with E-state index in [9.17, 15) is 14.4 Å². The lowest BCUT2D eigenvalue weighted by atomic mass is 9.83. The Morgan fingerprint density at radius 3 is 2.62 bits per heavy atom. The first-order chi connectivity index (χ1) is 18.0. The molecule has 204 valence electrons. The van der Waals surface area contributed by atoms with Crippen molar-refractivity contribution in [3.8, 4) is 5.75 Å². The topological polar surface area (TPSA) is 91.4 Å². The van der Waals surface area contributed by atoms with Gasteiger partial charge in [0.1, 0.15) is 11.8 Å². The second kappa shape index (κ2) is 13.2. The molecule has 4 amide bonds. The Labute approximate surface area is 220 Å². The van der Waals surface area contributed by atoms with Gasteiger partial charge in [-0.3, -0.25) is 14.5 Å². The summed E-state index contributed by atoms with van der Waals surface area (Å²) >= 11 is 0. The number of amides is 4. The van der Waals surface area contributed by atoms with Crippen LogP contribution in [-0.2, 0) is 20.7 Å². The minimum atomic E-state index is -0.653. The zero-order valence-corrected chi connectivity index (χ0v) is 22.3. The first-order valence-corrected chi connectivity index (χ1v) is 13.8. The standard InChI is InChI=1S/C28H42N4O5/c1-36-19-18-31(20-22-6-5-16-30-15-4-3-7-25(22)30)26(33)13-12-24-27(34)32(28(35)29-24)17-14-21-8-10-23(37-2)11-9-21/h8-11,22,24-25H,3-7,12-20H2,1-2H3,(H,29,35)/t22-,24-,25+/m0/s1. The highest BCUT2D eigenvalue weighted by molar-refractivity contribution is 6.04. The molecule has 3 atom stereocenters. The van der Waals surface area contributed by atoms with Crippen molar-refractivity contribution in [1.29, 1.82) is 0 Å². The molecule has 3 aliphatic rings. The highest BCUT2D eigenvalue weighted by atomic mass is 16.5. The van der Waals surface area contributed by atoms with E-state index in [0.717, 1.165) is 24.3 Å². The maximum atomic E-state index is 13.3. The predicted octanol–water partition coefficient (Wildman–Crippen LogP) is 2.68. The molecule has 3 heterocycles. The predicted molar refractivity (Wildman–Crippen MR) is 140 cm³/mol. The van der Waals surface area contributed by atoms with E-state index < -0.39 is 6.04 Å². The molecule has 3 saturated heterocycles. The largest absolute Gasteiger partial charge is 0.497 e. The lowest BCUT2D eigenvalue weighted by Crippen LogP contribution is -2.52. The van der Waals surface area contributed by atoms with Crippen LogP contribution >= 0.6 is 0 Å². The third-order valence-electron chi connectivity index (χ3n) is 8.14. The molecule has 3 aliphatic heterocycles. The van der Waals surface area contributed by atoms with E-state index in [1.54, 1.807) is 14.2 Å². The highest BCUT2D eigenvalue weighted by Gasteiger charge is 2.38. The van der Waals surface area contributed by atoms with Gasteiger partial charge in [-0.1, -0.05) is 18.6 Å². The summed E-state index contributed by atoms with van der Waals surface area (Å²) in [5.74, 6) is 1.03. The molecule has 9 heteroatoms. The lowest BCUT2D eigenvalue weighted by Gasteiger charge is -2.45. The second-order valence-corrected chi connectivity index (χ2v) is 10.5. The Morgan fingerprint density at radius 2 is 1.86 bits per heavy atom. The number of imide groups is 1. The number of urea groups is 1. The monoisotopic (exact) mass is 514 g/mol. The van der Waals surface area contributed by atoms with Gasteiger partial charge in [0.05, 0.1) is 13.7 Å². The van der Waals surface area contributed by atoms with Crippen LogP contribution in [-0.4, -0.2) is 98.2 Å². The van der Waals surface area contributed by atoms with Crippen molar-refractivity contribution < 1.29 is 23.9 Å². The van der Waals surface area contributed by atoms with Crippen LogP contribution in [0, 0.1) is 5.92 Å². The van der Waals surface area contributed by atoms with Crippen LogP contribution in [0.1, 0.15) is 50.5 Å². The van der Waals surface area contributed by atoms with Crippen LogP contribution in [0.2, 0.25) is 0 Å². The molecule has 0 unspecified atom stereocenters. The Balaban J connectivity index is 1.29. The quantitative estimate of drug-likeness (QED) is 0.432. The molecule has 0 saturated carbocycles. The Hall–Kier alpha value is -2.65. The van der Waals surface area contributed by atoms with Gasteiger partial charge in [-0.15, -0.1) is 0 Å². The van der Waals surface area contributed by atoms with E-state index in [1.807, 2.05) is 29.2 Å². The number of benzene rings is 1. The number of hydrogen-bond donors (Lipinski definition) is 1. The van der Waals surface area contributed by atoms with Gasteiger partial charge < -0.3 is 24.6 Å². The number of nitrogens with zero attached hydrogens (tertiary/aromatic N) is 3. The van der Waals surface area contributed by atoms with Gasteiger partial charge in [0.25, 0.3) is 5.91 Å². The van der Waals surface area contributed by atoms with Gasteiger partial charge in [-0.2, -0.15) is 0 Å². The maximum Gasteiger partial charge on any atom is 0.324 e. The van der Waals surface area contributed by atoms with Gasteiger partial charge in [-0.25, -0.2) is 4.79 Å². The molecule has 0 aliphatic carbocycles. The molecular formula is C28H42N4O5. The van der Waals surface area contributed by atoms with Gasteiger partial charge in [-0.05, 0) is 75.2 Å². The molecule has 4 rings (SSSR count). The van der Waals surface area contributed by atoms with Crippen LogP contribution in [0.5, 0.6) is 5.75 Å². The van der Waals surface area contributed by atoms with Gasteiger partial charge in [0.2, 0.25) is 5.91 Å². The molecule has 9 nitrogen and oxygen atoms in total. The Kier molecular flexibility index (Phi) is 9.80. The molecule has 0 spiro atoms. The van der Waals surface area contributed by atoms with Crippen molar-refractivity contribution in [3.63, 3.8) is 0 Å². The average Bonchev–Trinajstić information content (AvgIpc) is 3.20. The van der Waals surface area contributed by atoms with Crippen molar-refractivity contribution in [2.45, 2.75) is 63.5 Å². The van der Waals surface area contributed by atoms with Crippen molar-refractivity contribution in [1.82, 2.24) is 20.0 Å². The number of hydrogen-bond acceptors (Lipinski definition) is 6. The van der Waals surface area contributed by atoms with Gasteiger partial charge in [0.15, 0.2) is 0 Å². The molecule has 37 heavy (non-hydrogen) atoms. The number of rotatable bonds is 12. The number of ether oxygens (including phenoxy) is 2. The highest BCUT2D eigenvalue weighted by Crippen LogP contribution is 2.31. The molecule has 0 radical (unpaired) electrons. The number of piperidine rings is 2. The summed E-state index contributed by atoms with van der Waals surface area (Å²) in [6, 6.07) is 7.12. The van der Waals surface area contributed by atoms with Crippen LogP contribution in [0.4, 0.5) is 4.79 Å². The minimum absolute atomic E-state index is 0.0312. The normalized spacial score (nSPS) is 24.1. The summed E-state index contributed by atoms with van der Waals surface area (Å²) in [7, 11) is 3.27. The van der Waals surface area contributed by atoms with E-state index in [1.165, 1.54) is 43.7 Å². The van der Waals surface area contributed by atoms with E-state index in [-0.39, 0.29) is 24.3 Å². The number of methoxy groups -OCH3 is 2. The third kappa shape index (κ3) is 7.02. The molecular weight excluding hydrogens is 472 g/mol. The van der Waals surface area contributed by atoms with Gasteiger partial charge >= 0.3 is 6.03 Å². The molecule has 1 N–H and O–H groups in total. The van der Waals surface area contributed by atoms with E-state index >= 15 is 0 Å². The van der Waals surface area contributed by atoms with Crippen LogP contribution in [0.15, 0.2) is 24.3 Å². The Bertz CT molecular complexity index is 922. The van der Waals surface area contributed by atoms with Crippen molar-refractivity contribution >= 4 is 17.8 Å². The molecule has 0 aromatic heterocycles. The van der Waals surface area contributed by atoms with Crippen LogP contribution in [0.3, 0.4) is 0 Å². The zero-order chi connectivity index (χ0) is 26.2. The second-order valence-electron chi connectivity index (χ2n) is 10.5. The molecule has 3 fully saturated rings. The fraction of sp³-hybridized carbons (Fsp3) is 0.679. The molecule has 1 aromatic rings. The summed E-state index contributed by atoms with van der Waals surface area (Å²) in [5, 5.41) is 2.78. The van der Waals surface area contributed by atoms with Gasteiger partial charge in [0, 0.05) is 39.2 Å². The number of fused-ring (bicyclic) bond motifs is 1. The number of carbonyl (C=O) groups is 3. The first-order valence-electron chi connectivity index (χ1n) is 13.8. The van der Waals surface area contributed by atoms with Crippen LogP contribution < -0.4 is 10.1 Å². The first kappa shape index (κ1) is 27.4. The van der Waals surface area contributed by atoms with Crippen molar-refractivity contribution in [3.05, 3.63) is 29.8 Å². The van der Waals surface area contributed by atoms with E-state index in [0.29, 0.717) is 44.5 Å². The zero-order valence-electron chi connectivity index (χ0n) is 22.3. The Morgan fingerprint density at radius 1 is 1.08 bits per heavy atom. The number of carbonyl (C=O) groups excluding carboxylic acids is 3. The minimum Gasteiger partial charge on any atom is -0.497 e. The van der Waals surface area contributed by atoms with Crippen molar-refractivity contribution in [2.24, 2.45) is 5.92 Å².